The van der Waals surface area contributed by atoms with Crippen LogP contribution in [0.5, 0.6) is 0 Å². The molecule has 5 heteroatoms. The molecule has 0 unspecified atom stereocenters. The first-order chi connectivity index (χ1) is 10.1. The van der Waals surface area contributed by atoms with E-state index in [9.17, 15) is 0 Å². The van der Waals surface area contributed by atoms with Crippen LogP contribution in [-0.4, -0.2) is 22.0 Å². The maximum Gasteiger partial charge on any atom is 0.140 e. The number of benzene rings is 1. The zero-order chi connectivity index (χ0) is 14.8. The van der Waals surface area contributed by atoms with E-state index in [1.807, 2.05) is 50.4 Å². The second kappa shape index (κ2) is 5.36. The van der Waals surface area contributed by atoms with Crippen LogP contribution in [0.1, 0.15) is 11.4 Å². The maximum absolute atomic E-state index is 5.88. The van der Waals surface area contributed by atoms with Gasteiger partial charge in [0.05, 0.1) is 17.8 Å². The number of hydrogen-bond acceptors (Lipinski definition) is 5. The van der Waals surface area contributed by atoms with Crippen molar-refractivity contribution in [2.24, 2.45) is 0 Å². The Balaban J connectivity index is 1.98. The summed E-state index contributed by atoms with van der Waals surface area (Å²) in [5, 5.41) is 0.952. The van der Waals surface area contributed by atoms with E-state index in [1.165, 1.54) is 0 Å². The van der Waals surface area contributed by atoms with Crippen molar-refractivity contribution in [3.05, 3.63) is 54.1 Å². The van der Waals surface area contributed by atoms with Crippen LogP contribution in [0, 0.1) is 6.92 Å². The molecule has 0 amide bonds. The molecule has 0 radical (unpaired) electrons. The second-order valence-electron chi connectivity index (χ2n) is 5.10. The predicted molar refractivity (Wildman–Crippen MR) is 85.0 cm³/mol. The van der Waals surface area contributed by atoms with Gasteiger partial charge in [0.25, 0.3) is 0 Å². The molecule has 2 N–H and O–H groups in total. The summed E-state index contributed by atoms with van der Waals surface area (Å²) in [4.78, 5) is 15.3. The Kier molecular flexibility index (Phi) is 3.39. The fraction of sp³-hybridized carbons (Fsp3) is 0.188. The first-order valence-corrected chi connectivity index (χ1v) is 6.77. The SMILES string of the molecule is Cc1cccc(CN(C)c2ncnc3ccc(N)cc23)n1. The molecule has 106 valence electrons. The Hall–Kier alpha value is -2.69. The molecule has 0 saturated heterocycles. The monoisotopic (exact) mass is 279 g/mol. The normalized spacial score (nSPS) is 10.8. The number of anilines is 2. The Morgan fingerprint density at radius 1 is 1.14 bits per heavy atom. The highest BCUT2D eigenvalue weighted by atomic mass is 15.2. The van der Waals surface area contributed by atoms with Gasteiger partial charge in [0.2, 0.25) is 0 Å². The van der Waals surface area contributed by atoms with Gasteiger partial charge in [0.1, 0.15) is 12.1 Å². The van der Waals surface area contributed by atoms with Crippen molar-refractivity contribution < 1.29 is 0 Å². The van der Waals surface area contributed by atoms with Gasteiger partial charge >= 0.3 is 0 Å². The molecular weight excluding hydrogens is 262 g/mol. The number of pyridine rings is 1. The third kappa shape index (κ3) is 2.76. The van der Waals surface area contributed by atoms with Crippen LogP contribution in [0.2, 0.25) is 0 Å². The maximum atomic E-state index is 5.88. The van der Waals surface area contributed by atoms with E-state index in [2.05, 4.69) is 19.9 Å². The van der Waals surface area contributed by atoms with E-state index in [4.69, 9.17) is 5.73 Å². The lowest BCUT2D eigenvalue weighted by Gasteiger charge is -2.19. The Labute approximate surface area is 123 Å². The molecule has 0 aliphatic heterocycles. The van der Waals surface area contributed by atoms with Crippen molar-refractivity contribution in [1.82, 2.24) is 15.0 Å². The van der Waals surface area contributed by atoms with Crippen LogP contribution < -0.4 is 10.6 Å². The summed E-state index contributed by atoms with van der Waals surface area (Å²) in [6.45, 7) is 2.67. The number of aromatic nitrogens is 3. The summed E-state index contributed by atoms with van der Waals surface area (Å²) < 4.78 is 0. The zero-order valence-corrected chi connectivity index (χ0v) is 12.1. The molecule has 0 aliphatic rings. The van der Waals surface area contributed by atoms with Crippen LogP contribution in [0.3, 0.4) is 0 Å². The van der Waals surface area contributed by atoms with Crippen molar-refractivity contribution >= 4 is 22.4 Å². The molecule has 3 aromatic rings. The highest BCUT2D eigenvalue weighted by Gasteiger charge is 2.10. The third-order valence-electron chi connectivity index (χ3n) is 3.35. The molecule has 5 nitrogen and oxygen atoms in total. The number of nitrogens with two attached hydrogens (primary N) is 1. The molecule has 0 atom stereocenters. The van der Waals surface area contributed by atoms with Crippen molar-refractivity contribution in [2.45, 2.75) is 13.5 Å². The van der Waals surface area contributed by atoms with E-state index in [0.717, 1.165) is 28.1 Å². The number of aryl methyl sites for hydroxylation is 1. The standard InChI is InChI=1S/C16H17N5/c1-11-4-3-5-13(20-11)9-21(2)16-14-8-12(17)6-7-15(14)18-10-19-16/h3-8,10H,9,17H2,1-2H3. The lowest BCUT2D eigenvalue weighted by Crippen LogP contribution is -2.19. The Morgan fingerprint density at radius 2 is 2.00 bits per heavy atom. The largest absolute Gasteiger partial charge is 0.399 e. The lowest BCUT2D eigenvalue weighted by molar-refractivity contribution is 0.861. The van der Waals surface area contributed by atoms with Gasteiger partial charge in [-0.3, -0.25) is 4.98 Å². The highest BCUT2D eigenvalue weighted by Crippen LogP contribution is 2.24. The highest BCUT2D eigenvalue weighted by molar-refractivity contribution is 5.91. The van der Waals surface area contributed by atoms with Crippen LogP contribution in [0.4, 0.5) is 11.5 Å². The van der Waals surface area contributed by atoms with Gasteiger partial charge in [-0.05, 0) is 37.3 Å². The van der Waals surface area contributed by atoms with Crippen LogP contribution in [0.15, 0.2) is 42.7 Å². The van der Waals surface area contributed by atoms with E-state index in [-0.39, 0.29) is 0 Å². The summed E-state index contributed by atoms with van der Waals surface area (Å²) in [6.07, 6.45) is 1.58. The number of fused-ring (bicyclic) bond motifs is 1. The van der Waals surface area contributed by atoms with Crippen molar-refractivity contribution in [3.8, 4) is 0 Å². The number of hydrogen-bond donors (Lipinski definition) is 1. The number of rotatable bonds is 3. The topological polar surface area (TPSA) is 67.9 Å². The first-order valence-electron chi connectivity index (χ1n) is 6.77. The summed E-state index contributed by atoms with van der Waals surface area (Å²) in [7, 11) is 2.00. The molecule has 0 bridgehead atoms. The van der Waals surface area contributed by atoms with Gasteiger partial charge in [0, 0.05) is 23.8 Å². The second-order valence-corrected chi connectivity index (χ2v) is 5.10. The van der Waals surface area contributed by atoms with Crippen LogP contribution >= 0.6 is 0 Å². The number of nitrogen functional groups attached to an aromatic ring is 1. The van der Waals surface area contributed by atoms with Gasteiger partial charge in [-0.15, -0.1) is 0 Å². The fourth-order valence-electron chi connectivity index (χ4n) is 2.37. The smallest absolute Gasteiger partial charge is 0.140 e. The van der Waals surface area contributed by atoms with Crippen molar-refractivity contribution in [1.29, 1.82) is 0 Å². The minimum absolute atomic E-state index is 0.683. The molecule has 0 spiro atoms. The summed E-state index contributed by atoms with van der Waals surface area (Å²) in [5.74, 6) is 0.857. The average molecular weight is 279 g/mol. The van der Waals surface area contributed by atoms with Gasteiger partial charge < -0.3 is 10.6 Å². The van der Waals surface area contributed by atoms with Gasteiger partial charge in [-0.1, -0.05) is 6.07 Å². The Bertz CT molecular complexity index is 784. The summed E-state index contributed by atoms with van der Waals surface area (Å²) in [5.41, 5.74) is 9.49. The zero-order valence-electron chi connectivity index (χ0n) is 12.1. The molecule has 2 heterocycles. The van der Waals surface area contributed by atoms with E-state index in [1.54, 1.807) is 6.33 Å². The molecule has 1 aromatic carbocycles. The lowest BCUT2D eigenvalue weighted by atomic mass is 10.2. The van der Waals surface area contributed by atoms with Crippen molar-refractivity contribution in [2.75, 3.05) is 17.7 Å². The molecule has 2 aromatic heterocycles. The average Bonchev–Trinajstić information content (AvgIpc) is 2.46. The summed E-state index contributed by atoms with van der Waals surface area (Å²) >= 11 is 0. The molecular formula is C16H17N5. The molecule has 3 rings (SSSR count). The van der Waals surface area contributed by atoms with Gasteiger partial charge in [-0.25, -0.2) is 9.97 Å². The molecule has 21 heavy (non-hydrogen) atoms. The van der Waals surface area contributed by atoms with Crippen LogP contribution in [-0.2, 0) is 6.54 Å². The van der Waals surface area contributed by atoms with Crippen molar-refractivity contribution in [3.63, 3.8) is 0 Å². The minimum atomic E-state index is 0.683. The van der Waals surface area contributed by atoms with Crippen LogP contribution in [0.25, 0.3) is 10.9 Å². The fourth-order valence-corrected chi connectivity index (χ4v) is 2.37. The first kappa shape index (κ1) is 13.3. The quantitative estimate of drug-likeness (QED) is 0.746. The molecule has 0 fully saturated rings. The molecule has 0 aliphatic carbocycles. The summed E-state index contributed by atoms with van der Waals surface area (Å²) in [6, 6.07) is 11.7. The number of nitrogens with zero attached hydrogens (tertiary/aromatic N) is 4. The van der Waals surface area contributed by atoms with Gasteiger partial charge in [0.15, 0.2) is 0 Å². The van der Waals surface area contributed by atoms with Gasteiger partial charge in [-0.2, -0.15) is 0 Å². The molecule has 0 saturated carbocycles. The predicted octanol–water partition coefficient (Wildman–Crippen LogP) is 2.55. The van der Waals surface area contributed by atoms with E-state index < -0.39 is 0 Å². The minimum Gasteiger partial charge on any atom is -0.399 e. The third-order valence-corrected chi connectivity index (χ3v) is 3.35. The Morgan fingerprint density at radius 3 is 2.81 bits per heavy atom. The van der Waals surface area contributed by atoms with E-state index in [0.29, 0.717) is 12.2 Å². The van der Waals surface area contributed by atoms with E-state index >= 15 is 0 Å².